The molecule has 0 bridgehead atoms. The number of aliphatic hydroxyl groups is 1. The molecule has 1 fully saturated rings. The van der Waals surface area contributed by atoms with Crippen molar-refractivity contribution in [2.24, 2.45) is 5.73 Å². The Morgan fingerprint density at radius 1 is 1.21 bits per heavy atom. The molecule has 1 aromatic carbocycles. The second kappa shape index (κ2) is 11.8. The minimum absolute atomic E-state index is 0.0157. The summed E-state index contributed by atoms with van der Waals surface area (Å²) < 4.78 is 1.25. The van der Waals surface area contributed by atoms with Crippen LogP contribution in [0.1, 0.15) is 28.9 Å². The molecular weight excluding hydrogens is 494 g/mol. The van der Waals surface area contributed by atoms with Crippen LogP contribution in [0.15, 0.2) is 43.0 Å². The van der Waals surface area contributed by atoms with Gasteiger partial charge in [0.25, 0.3) is 5.91 Å². The van der Waals surface area contributed by atoms with Crippen LogP contribution < -0.4 is 21.7 Å². The molecular formula is C25H29N7O6. The van der Waals surface area contributed by atoms with E-state index in [0.717, 1.165) is 16.5 Å². The van der Waals surface area contributed by atoms with Crippen LogP contribution in [0.3, 0.4) is 0 Å². The lowest BCUT2D eigenvalue weighted by atomic mass is 10.0. The number of aldehydes is 1. The first-order valence-electron chi connectivity index (χ1n) is 12.1. The first-order chi connectivity index (χ1) is 18.3. The number of aromatic amines is 1. The van der Waals surface area contributed by atoms with Gasteiger partial charge in [-0.25, -0.2) is 4.98 Å². The van der Waals surface area contributed by atoms with Crippen molar-refractivity contribution in [3.05, 3.63) is 54.2 Å². The maximum atomic E-state index is 13.0. The second-order valence-electron chi connectivity index (χ2n) is 9.14. The van der Waals surface area contributed by atoms with Crippen molar-refractivity contribution in [3.8, 4) is 0 Å². The van der Waals surface area contributed by atoms with Crippen LogP contribution in [0.4, 0.5) is 0 Å². The third-order valence-electron chi connectivity index (χ3n) is 6.37. The smallest absolute Gasteiger partial charge is 0.254 e. The van der Waals surface area contributed by atoms with Gasteiger partial charge >= 0.3 is 0 Å². The number of rotatable bonds is 11. The van der Waals surface area contributed by atoms with Gasteiger partial charge in [0.15, 0.2) is 0 Å². The van der Waals surface area contributed by atoms with E-state index in [0.29, 0.717) is 18.4 Å². The highest BCUT2D eigenvalue weighted by Gasteiger charge is 2.29. The summed E-state index contributed by atoms with van der Waals surface area (Å²) in [6.07, 6.45) is 5.65. The van der Waals surface area contributed by atoms with Gasteiger partial charge in [-0.15, -0.1) is 0 Å². The first kappa shape index (κ1) is 26.7. The first-order valence-corrected chi connectivity index (χ1v) is 12.1. The van der Waals surface area contributed by atoms with Gasteiger partial charge in [0.2, 0.25) is 17.7 Å². The Hall–Kier alpha value is -4.36. The number of benzene rings is 1. The van der Waals surface area contributed by atoms with Gasteiger partial charge < -0.3 is 36.6 Å². The maximum Gasteiger partial charge on any atom is 0.254 e. The van der Waals surface area contributed by atoms with E-state index in [2.05, 4.69) is 25.9 Å². The number of fused-ring (bicyclic) bond motifs is 1. The van der Waals surface area contributed by atoms with Gasteiger partial charge in [0.1, 0.15) is 30.7 Å². The predicted molar refractivity (Wildman–Crippen MR) is 135 cm³/mol. The average molecular weight is 524 g/mol. The number of para-hydroxylation sites is 1. The number of hydrogen-bond donors (Lipinski definition) is 6. The van der Waals surface area contributed by atoms with Crippen molar-refractivity contribution >= 4 is 40.8 Å². The van der Waals surface area contributed by atoms with Gasteiger partial charge in [0.05, 0.1) is 18.3 Å². The minimum Gasteiger partial charge on any atom is -0.394 e. The molecule has 3 heterocycles. The molecule has 200 valence electrons. The summed E-state index contributed by atoms with van der Waals surface area (Å²) in [7, 11) is 0. The summed E-state index contributed by atoms with van der Waals surface area (Å²) in [5.41, 5.74) is 8.10. The molecule has 3 aromatic rings. The second-order valence-corrected chi connectivity index (χ2v) is 9.14. The third-order valence-corrected chi connectivity index (χ3v) is 6.37. The molecule has 2 aromatic heterocycles. The van der Waals surface area contributed by atoms with Crippen LogP contribution in [0.5, 0.6) is 0 Å². The van der Waals surface area contributed by atoms with Crippen LogP contribution in [0.25, 0.3) is 10.9 Å². The fourth-order valence-corrected chi connectivity index (χ4v) is 4.30. The van der Waals surface area contributed by atoms with Gasteiger partial charge in [-0.05, 0) is 18.1 Å². The summed E-state index contributed by atoms with van der Waals surface area (Å²) in [5, 5.41) is 17.8. The predicted octanol–water partition coefficient (Wildman–Crippen LogP) is -1.44. The summed E-state index contributed by atoms with van der Waals surface area (Å²) in [6, 6.07) is 3.53. The zero-order valence-electron chi connectivity index (χ0n) is 20.4. The van der Waals surface area contributed by atoms with Crippen molar-refractivity contribution in [2.75, 3.05) is 6.61 Å². The number of aromatic nitrogens is 3. The molecule has 0 saturated carbocycles. The molecule has 0 spiro atoms. The number of carbonyl (C=O) groups is 5. The van der Waals surface area contributed by atoms with E-state index in [1.54, 1.807) is 6.20 Å². The molecule has 0 aliphatic carbocycles. The van der Waals surface area contributed by atoms with E-state index in [-0.39, 0.29) is 31.1 Å². The zero-order chi connectivity index (χ0) is 27.2. The summed E-state index contributed by atoms with van der Waals surface area (Å²) in [5.74, 6) is -1.82. The maximum absolute atomic E-state index is 13.0. The number of nitrogens with one attached hydrogen (secondary N) is 4. The quantitative estimate of drug-likeness (QED) is 0.164. The number of nitrogens with two attached hydrogens (primary N) is 1. The molecule has 0 radical (unpaired) electrons. The van der Waals surface area contributed by atoms with Crippen LogP contribution >= 0.6 is 0 Å². The van der Waals surface area contributed by atoms with E-state index in [4.69, 9.17) is 5.73 Å². The van der Waals surface area contributed by atoms with Crippen molar-refractivity contribution in [2.45, 2.75) is 49.9 Å². The monoisotopic (exact) mass is 523 g/mol. The normalized spacial score (nSPS) is 17.4. The van der Waals surface area contributed by atoms with E-state index in [9.17, 15) is 29.1 Å². The Labute approximate surface area is 217 Å². The number of amides is 3. The van der Waals surface area contributed by atoms with Crippen molar-refractivity contribution < 1.29 is 29.1 Å². The third kappa shape index (κ3) is 6.12. The molecule has 1 saturated heterocycles. The standard InChI is InChI=1S/C25H29N7O6/c26-18(8-15-10-32(13-28-15)25(38)20-5-6-22(35)30-20)23(36)31-21(24(37)29-16(11-33)12-34)7-14-9-27-19-4-2-1-3-17(14)19/h1-4,9-11,13,16,18,20-21,27,34H,5-8,12,26H2,(H,29,37)(H,30,35)(H,31,36)/t16-,18+,20+,21+/m1/s1. The molecule has 38 heavy (non-hydrogen) atoms. The van der Waals surface area contributed by atoms with Crippen molar-refractivity contribution in [1.82, 2.24) is 30.5 Å². The average Bonchev–Trinajstić information content (AvgIpc) is 3.66. The fourth-order valence-electron chi connectivity index (χ4n) is 4.30. The highest BCUT2D eigenvalue weighted by molar-refractivity contribution is 5.93. The summed E-state index contributed by atoms with van der Waals surface area (Å²) >= 11 is 0. The van der Waals surface area contributed by atoms with Crippen LogP contribution in [0, 0.1) is 0 Å². The van der Waals surface area contributed by atoms with E-state index >= 15 is 0 Å². The highest BCUT2D eigenvalue weighted by Crippen LogP contribution is 2.19. The molecule has 1 aliphatic heterocycles. The van der Waals surface area contributed by atoms with Crippen LogP contribution in [0.2, 0.25) is 0 Å². The van der Waals surface area contributed by atoms with E-state index < -0.39 is 42.6 Å². The largest absolute Gasteiger partial charge is 0.394 e. The molecule has 0 unspecified atom stereocenters. The molecule has 4 rings (SSSR count). The lowest BCUT2D eigenvalue weighted by Gasteiger charge is -2.22. The highest BCUT2D eigenvalue weighted by atomic mass is 16.3. The number of carbonyl (C=O) groups excluding carboxylic acids is 5. The van der Waals surface area contributed by atoms with Crippen LogP contribution in [-0.4, -0.2) is 80.3 Å². The number of aliphatic hydroxyl groups excluding tert-OH is 1. The van der Waals surface area contributed by atoms with E-state index in [1.807, 2.05) is 24.3 Å². The Kier molecular flexibility index (Phi) is 8.28. The van der Waals surface area contributed by atoms with Gasteiger partial charge in [-0.2, -0.15) is 0 Å². The lowest BCUT2D eigenvalue weighted by Crippen LogP contribution is -2.55. The number of nitrogens with zero attached hydrogens (tertiary/aromatic N) is 2. The van der Waals surface area contributed by atoms with Crippen molar-refractivity contribution in [3.63, 3.8) is 0 Å². The molecule has 1 aliphatic rings. The zero-order valence-corrected chi connectivity index (χ0v) is 20.4. The summed E-state index contributed by atoms with van der Waals surface area (Å²) in [4.78, 5) is 68.2. The molecule has 7 N–H and O–H groups in total. The molecule has 13 heteroatoms. The molecule has 3 amide bonds. The number of hydrogen-bond acceptors (Lipinski definition) is 8. The molecule has 13 nitrogen and oxygen atoms in total. The fraction of sp³-hybridized carbons (Fsp3) is 0.360. The lowest BCUT2D eigenvalue weighted by molar-refractivity contribution is -0.130. The number of imidazole rings is 1. The topological polar surface area (TPSA) is 201 Å². The minimum atomic E-state index is -1.12. The Balaban J connectivity index is 1.44. The van der Waals surface area contributed by atoms with E-state index in [1.165, 1.54) is 17.1 Å². The van der Waals surface area contributed by atoms with Gasteiger partial charge in [-0.3, -0.25) is 23.7 Å². The number of H-pyrrole nitrogens is 1. The Bertz CT molecular complexity index is 1350. The van der Waals surface area contributed by atoms with Crippen molar-refractivity contribution in [1.29, 1.82) is 0 Å². The molecule has 4 atom stereocenters. The Morgan fingerprint density at radius 2 is 2.00 bits per heavy atom. The van der Waals surface area contributed by atoms with Gasteiger partial charge in [0, 0.05) is 42.6 Å². The SMILES string of the molecule is N[C@@H](Cc1cn(C(=O)[C@@H]2CCC(=O)N2)cn1)C(=O)N[C@@H](Cc1c[nH]c2ccccc12)C(=O)N[C@H](C=O)CO. The Morgan fingerprint density at radius 3 is 2.71 bits per heavy atom. The summed E-state index contributed by atoms with van der Waals surface area (Å²) in [6.45, 7) is -0.589. The van der Waals surface area contributed by atoms with Gasteiger partial charge in [-0.1, -0.05) is 18.2 Å². The van der Waals surface area contributed by atoms with Crippen LogP contribution in [-0.2, 0) is 32.0 Å².